The molecule has 2 atom stereocenters. The van der Waals surface area contributed by atoms with E-state index in [9.17, 15) is 4.79 Å². The number of guanidine groups is 1. The normalized spacial score (nSPS) is 25.3. The van der Waals surface area contributed by atoms with E-state index in [1.165, 1.54) is 0 Å². The van der Waals surface area contributed by atoms with E-state index in [0.717, 1.165) is 23.3 Å². The minimum atomic E-state index is -0.505. The monoisotopic (exact) mass is 289 g/mol. The summed E-state index contributed by atoms with van der Waals surface area (Å²) < 4.78 is 11.2. The molecule has 2 aliphatic heterocycles. The number of rotatable bonds is 3. The van der Waals surface area contributed by atoms with Crippen molar-refractivity contribution in [3.8, 4) is 11.5 Å². The lowest BCUT2D eigenvalue weighted by atomic mass is 10.0. The number of carbonyl (C=O) groups is 1. The van der Waals surface area contributed by atoms with Crippen molar-refractivity contribution in [2.24, 2.45) is 4.99 Å². The molecule has 0 spiro atoms. The van der Waals surface area contributed by atoms with Crippen LogP contribution in [-0.4, -0.2) is 31.6 Å². The highest BCUT2D eigenvalue weighted by atomic mass is 16.5. The number of hydrogen-bond donors (Lipinski definition) is 2. The van der Waals surface area contributed by atoms with Crippen molar-refractivity contribution in [2.75, 3.05) is 13.7 Å². The topological polar surface area (TPSA) is 72.0 Å². The molecule has 0 radical (unpaired) electrons. The van der Waals surface area contributed by atoms with Gasteiger partial charge in [0, 0.05) is 24.1 Å². The highest BCUT2D eigenvalue weighted by Crippen LogP contribution is 2.38. The van der Waals surface area contributed by atoms with Crippen LogP contribution in [0.25, 0.3) is 0 Å². The highest BCUT2D eigenvalue weighted by molar-refractivity contribution is 6.07. The summed E-state index contributed by atoms with van der Waals surface area (Å²) in [6, 6.07) is 3.34. The molecule has 0 aromatic heterocycles. The first kappa shape index (κ1) is 13.7. The second kappa shape index (κ2) is 5.27. The summed E-state index contributed by atoms with van der Waals surface area (Å²) in [5, 5.41) is 5.82. The van der Waals surface area contributed by atoms with Crippen molar-refractivity contribution in [3.05, 3.63) is 23.3 Å². The van der Waals surface area contributed by atoms with Crippen molar-refractivity contribution >= 4 is 11.9 Å². The summed E-state index contributed by atoms with van der Waals surface area (Å²) in [6.07, 6.45) is 1.02. The van der Waals surface area contributed by atoms with E-state index in [0.29, 0.717) is 18.3 Å². The first-order chi connectivity index (χ1) is 10.1. The number of hydrogen-bond acceptors (Lipinski definition) is 4. The van der Waals surface area contributed by atoms with Crippen molar-refractivity contribution in [1.82, 2.24) is 10.6 Å². The zero-order valence-electron chi connectivity index (χ0n) is 12.4. The Bertz CT molecular complexity index is 612. The molecule has 112 valence electrons. The SMILES string of the molecule is CCN=C1NC(=O)C(c2cc3c(cc2OC)CC(C)O3)N1. The molecule has 6 nitrogen and oxygen atoms in total. The zero-order valence-corrected chi connectivity index (χ0v) is 12.4. The molecule has 21 heavy (non-hydrogen) atoms. The molecule has 1 saturated heterocycles. The molecule has 0 bridgehead atoms. The lowest BCUT2D eigenvalue weighted by Gasteiger charge is -2.15. The van der Waals surface area contributed by atoms with E-state index in [2.05, 4.69) is 15.6 Å². The van der Waals surface area contributed by atoms with Gasteiger partial charge in [-0.3, -0.25) is 15.1 Å². The fraction of sp³-hybridized carbons (Fsp3) is 0.467. The number of benzene rings is 1. The van der Waals surface area contributed by atoms with Gasteiger partial charge >= 0.3 is 0 Å². The van der Waals surface area contributed by atoms with Gasteiger partial charge in [0.05, 0.1) is 7.11 Å². The van der Waals surface area contributed by atoms with Gasteiger partial charge in [0.15, 0.2) is 5.96 Å². The van der Waals surface area contributed by atoms with E-state index in [1.54, 1.807) is 7.11 Å². The molecule has 2 unspecified atom stereocenters. The second-order valence-corrected chi connectivity index (χ2v) is 5.22. The predicted molar refractivity (Wildman–Crippen MR) is 78.8 cm³/mol. The molecule has 0 aliphatic carbocycles. The minimum Gasteiger partial charge on any atom is -0.496 e. The maximum absolute atomic E-state index is 12.1. The van der Waals surface area contributed by atoms with Gasteiger partial charge in [0.1, 0.15) is 23.6 Å². The van der Waals surface area contributed by atoms with Crippen LogP contribution in [0.2, 0.25) is 0 Å². The Labute approximate surface area is 123 Å². The first-order valence-corrected chi connectivity index (χ1v) is 7.11. The molecule has 6 heteroatoms. The van der Waals surface area contributed by atoms with Crippen LogP contribution in [0.3, 0.4) is 0 Å². The van der Waals surface area contributed by atoms with Gasteiger partial charge in [-0.1, -0.05) is 0 Å². The molecule has 1 aromatic carbocycles. The maximum Gasteiger partial charge on any atom is 0.254 e. The van der Waals surface area contributed by atoms with Gasteiger partial charge < -0.3 is 14.8 Å². The van der Waals surface area contributed by atoms with Gasteiger partial charge in [-0.05, 0) is 26.0 Å². The van der Waals surface area contributed by atoms with Crippen LogP contribution in [-0.2, 0) is 11.2 Å². The third kappa shape index (κ3) is 2.41. The smallest absolute Gasteiger partial charge is 0.254 e. The van der Waals surface area contributed by atoms with Crippen molar-refractivity contribution in [1.29, 1.82) is 0 Å². The molecular formula is C15H19N3O3. The lowest BCUT2D eigenvalue weighted by molar-refractivity contribution is -0.120. The van der Waals surface area contributed by atoms with Crippen LogP contribution in [0.5, 0.6) is 11.5 Å². The Balaban J connectivity index is 1.97. The van der Waals surface area contributed by atoms with E-state index >= 15 is 0 Å². The van der Waals surface area contributed by atoms with E-state index in [-0.39, 0.29) is 12.0 Å². The van der Waals surface area contributed by atoms with E-state index in [4.69, 9.17) is 9.47 Å². The highest BCUT2D eigenvalue weighted by Gasteiger charge is 2.33. The second-order valence-electron chi connectivity index (χ2n) is 5.22. The van der Waals surface area contributed by atoms with Crippen LogP contribution < -0.4 is 20.1 Å². The van der Waals surface area contributed by atoms with Crippen molar-refractivity contribution < 1.29 is 14.3 Å². The number of aliphatic imine (C=N–C) groups is 1. The summed E-state index contributed by atoms with van der Waals surface area (Å²) in [6.45, 7) is 4.55. The molecule has 0 saturated carbocycles. The van der Waals surface area contributed by atoms with Gasteiger partial charge in [-0.15, -0.1) is 0 Å². The number of nitrogens with one attached hydrogen (secondary N) is 2. The molecule has 2 heterocycles. The molecular weight excluding hydrogens is 270 g/mol. The van der Waals surface area contributed by atoms with Gasteiger partial charge in [0.2, 0.25) is 0 Å². The zero-order chi connectivity index (χ0) is 15.0. The largest absolute Gasteiger partial charge is 0.496 e. The standard InChI is InChI=1S/C15H19N3O3/c1-4-16-15-17-13(14(19)18-15)10-7-11-9(5-8(2)21-11)6-12(10)20-3/h6-8,13H,4-5H2,1-3H3,(H2,16,17,18,19). The summed E-state index contributed by atoms with van der Waals surface area (Å²) in [4.78, 5) is 16.3. The number of amides is 1. The number of methoxy groups -OCH3 is 1. The van der Waals surface area contributed by atoms with Crippen LogP contribution in [0.4, 0.5) is 0 Å². The van der Waals surface area contributed by atoms with Crippen LogP contribution in [0.15, 0.2) is 17.1 Å². The fourth-order valence-electron chi connectivity index (χ4n) is 2.75. The Morgan fingerprint density at radius 2 is 2.29 bits per heavy atom. The van der Waals surface area contributed by atoms with Gasteiger partial charge in [-0.2, -0.15) is 0 Å². The van der Waals surface area contributed by atoms with Crippen molar-refractivity contribution in [2.45, 2.75) is 32.4 Å². The predicted octanol–water partition coefficient (Wildman–Crippen LogP) is 1.16. The lowest BCUT2D eigenvalue weighted by Crippen LogP contribution is -2.25. The molecule has 2 N–H and O–H groups in total. The number of fused-ring (bicyclic) bond motifs is 1. The average Bonchev–Trinajstić information content (AvgIpc) is 2.99. The third-order valence-electron chi connectivity index (χ3n) is 3.66. The van der Waals surface area contributed by atoms with Crippen molar-refractivity contribution in [3.63, 3.8) is 0 Å². The molecule has 2 aliphatic rings. The van der Waals surface area contributed by atoms with Gasteiger partial charge in [0.25, 0.3) is 5.91 Å². The Hall–Kier alpha value is -2.24. The van der Waals surface area contributed by atoms with E-state index in [1.807, 2.05) is 26.0 Å². The Kier molecular flexibility index (Phi) is 3.45. The third-order valence-corrected chi connectivity index (χ3v) is 3.66. The fourth-order valence-corrected chi connectivity index (χ4v) is 2.75. The van der Waals surface area contributed by atoms with E-state index < -0.39 is 6.04 Å². The minimum absolute atomic E-state index is 0.133. The average molecular weight is 289 g/mol. The Morgan fingerprint density at radius 3 is 3.00 bits per heavy atom. The van der Waals surface area contributed by atoms with Crippen LogP contribution >= 0.6 is 0 Å². The summed E-state index contributed by atoms with van der Waals surface area (Å²) in [5.41, 5.74) is 1.88. The summed E-state index contributed by atoms with van der Waals surface area (Å²) >= 11 is 0. The molecule has 1 aromatic rings. The Morgan fingerprint density at radius 1 is 1.48 bits per heavy atom. The van der Waals surface area contributed by atoms with Crippen LogP contribution in [0, 0.1) is 0 Å². The first-order valence-electron chi connectivity index (χ1n) is 7.11. The molecule has 3 rings (SSSR count). The molecule has 1 amide bonds. The number of ether oxygens (including phenoxy) is 2. The summed E-state index contributed by atoms with van der Waals surface area (Å²) in [5.74, 6) is 1.89. The number of carbonyl (C=O) groups excluding carboxylic acids is 1. The maximum atomic E-state index is 12.1. The van der Waals surface area contributed by atoms with Gasteiger partial charge in [-0.25, -0.2) is 0 Å². The quantitative estimate of drug-likeness (QED) is 0.876. The van der Waals surface area contributed by atoms with Crippen LogP contribution in [0.1, 0.15) is 31.0 Å². The summed E-state index contributed by atoms with van der Waals surface area (Å²) in [7, 11) is 1.61. The molecule has 1 fully saturated rings. The number of nitrogens with zero attached hydrogens (tertiary/aromatic N) is 1.